The zero-order valence-electron chi connectivity index (χ0n) is 7.49. The van der Waals surface area contributed by atoms with Crippen molar-refractivity contribution in [3.63, 3.8) is 0 Å². The molecular weight excluding hydrogens is 152 g/mol. The van der Waals surface area contributed by atoms with Crippen LogP contribution in [0.1, 0.15) is 13.3 Å². The van der Waals surface area contributed by atoms with Gasteiger partial charge in [0.25, 0.3) is 0 Å². The van der Waals surface area contributed by atoms with Crippen LogP contribution in [0.2, 0.25) is 0 Å². The van der Waals surface area contributed by atoms with Crippen molar-refractivity contribution >= 4 is 5.91 Å². The van der Waals surface area contributed by atoms with Crippen LogP contribution in [0.25, 0.3) is 0 Å². The number of rotatable bonds is 2. The normalized spacial score (nSPS) is 29.4. The Morgan fingerprint density at radius 3 is 2.67 bits per heavy atom. The van der Waals surface area contributed by atoms with E-state index in [0.29, 0.717) is 5.91 Å². The van der Waals surface area contributed by atoms with Gasteiger partial charge in [-0.3, -0.25) is 9.69 Å². The van der Waals surface area contributed by atoms with Gasteiger partial charge in [0.05, 0.1) is 6.04 Å². The molecule has 2 heterocycles. The van der Waals surface area contributed by atoms with Gasteiger partial charge in [-0.05, 0) is 13.0 Å². The SMILES string of the molecule is CCN1CCC1C(=O)N1C[CH]C1. The van der Waals surface area contributed by atoms with Crippen LogP contribution in [0.3, 0.4) is 0 Å². The van der Waals surface area contributed by atoms with Gasteiger partial charge in [-0.15, -0.1) is 0 Å². The van der Waals surface area contributed by atoms with Crippen LogP contribution in [0.4, 0.5) is 0 Å². The topological polar surface area (TPSA) is 23.6 Å². The van der Waals surface area contributed by atoms with E-state index in [-0.39, 0.29) is 6.04 Å². The first-order valence-corrected chi connectivity index (χ1v) is 4.67. The molecule has 0 bridgehead atoms. The number of hydrogen-bond acceptors (Lipinski definition) is 2. The van der Waals surface area contributed by atoms with Gasteiger partial charge < -0.3 is 4.90 Å². The summed E-state index contributed by atoms with van der Waals surface area (Å²) < 4.78 is 0. The van der Waals surface area contributed by atoms with Gasteiger partial charge in [0, 0.05) is 26.1 Å². The summed E-state index contributed by atoms with van der Waals surface area (Å²) in [7, 11) is 0. The zero-order chi connectivity index (χ0) is 8.55. The predicted molar refractivity (Wildman–Crippen MR) is 46.5 cm³/mol. The van der Waals surface area contributed by atoms with Crippen LogP contribution < -0.4 is 0 Å². The minimum absolute atomic E-state index is 0.212. The fourth-order valence-corrected chi connectivity index (χ4v) is 1.75. The van der Waals surface area contributed by atoms with Crippen LogP contribution in [0.5, 0.6) is 0 Å². The van der Waals surface area contributed by atoms with E-state index in [1.54, 1.807) is 0 Å². The molecule has 1 unspecified atom stereocenters. The fraction of sp³-hybridized carbons (Fsp3) is 0.778. The monoisotopic (exact) mass is 167 g/mol. The molecule has 2 saturated heterocycles. The van der Waals surface area contributed by atoms with Crippen LogP contribution >= 0.6 is 0 Å². The van der Waals surface area contributed by atoms with Gasteiger partial charge in [0.1, 0.15) is 0 Å². The summed E-state index contributed by atoms with van der Waals surface area (Å²) in [5, 5.41) is 0. The van der Waals surface area contributed by atoms with Crippen molar-refractivity contribution in [1.29, 1.82) is 0 Å². The highest BCUT2D eigenvalue weighted by Crippen LogP contribution is 2.20. The van der Waals surface area contributed by atoms with Crippen molar-refractivity contribution in [3.05, 3.63) is 6.42 Å². The highest BCUT2D eigenvalue weighted by atomic mass is 16.2. The lowest BCUT2D eigenvalue weighted by Gasteiger charge is -2.43. The molecular formula is C9H15N2O. The Hall–Kier alpha value is -0.570. The first-order chi connectivity index (χ1) is 5.83. The van der Waals surface area contributed by atoms with Gasteiger partial charge in [0.15, 0.2) is 0 Å². The summed E-state index contributed by atoms with van der Waals surface area (Å²) in [6.45, 7) is 5.96. The molecule has 0 aromatic rings. The first-order valence-electron chi connectivity index (χ1n) is 4.67. The third-order valence-corrected chi connectivity index (χ3v) is 2.83. The van der Waals surface area contributed by atoms with Crippen molar-refractivity contribution < 1.29 is 4.79 Å². The van der Waals surface area contributed by atoms with E-state index < -0.39 is 0 Å². The third-order valence-electron chi connectivity index (χ3n) is 2.83. The maximum absolute atomic E-state index is 11.6. The fourth-order valence-electron chi connectivity index (χ4n) is 1.75. The molecule has 0 aromatic heterocycles. The standard InChI is InChI=1S/C9H15N2O/c1-2-10-7-4-8(10)9(12)11-5-3-6-11/h3,8H,2,4-7H2,1H3. The van der Waals surface area contributed by atoms with Gasteiger partial charge >= 0.3 is 0 Å². The molecule has 0 spiro atoms. The van der Waals surface area contributed by atoms with E-state index in [1.807, 2.05) is 4.90 Å². The molecule has 3 heteroatoms. The Balaban J connectivity index is 1.86. The highest BCUT2D eigenvalue weighted by Gasteiger charge is 2.37. The van der Waals surface area contributed by atoms with Gasteiger partial charge in [-0.2, -0.15) is 0 Å². The summed E-state index contributed by atoms with van der Waals surface area (Å²) in [4.78, 5) is 15.8. The van der Waals surface area contributed by atoms with Gasteiger partial charge in [-0.1, -0.05) is 6.92 Å². The molecule has 2 aliphatic heterocycles. The summed E-state index contributed by atoms with van der Waals surface area (Å²) in [5.41, 5.74) is 0. The van der Waals surface area contributed by atoms with E-state index in [9.17, 15) is 4.79 Å². The average Bonchev–Trinajstić information content (AvgIpc) is 1.80. The Morgan fingerprint density at radius 2 is 2.33 bits per heavy atom. The molecule has 0 N–H and O–H groups in total. The van der Waals surface area contributed by atoms with Gasteiger partial charge in [0.2, 0.25) is 5.91 Å². The van der Waals surface area contributed by atoms with Crippen LogP contribution in [0, 0.1) is 6.42 Å². The summed E-state index contributed by atoms with van der Waals surface area (Å²) in [5.74, 6) is 0.339. The summed E-state index contributed by atoms with van der Waals surface area (Å²) in [6, 6.07) is 0.212. The second-order valence-corrected chi connectivity index (χ2v) is 3.46. The van der Waals surface area contributed by atoms with E-state index in [2.05, 4.69) is 18.2 Å². The number of carbonyl (C=O) groups excluding carboxylic acids is 1. The minimum atomic E-state index is 0.212. The second-order valence-electron chi connectivity index (χ2n) is 3.46. The number of amides is 1. The van der Waals surface area contributed by atoms with Crippen molar-refractivity contribution in [2.75, 3.05) is 26.2 Å². The quantitative estimate of drug-likeness (QED) is 0.583. The molecule has 3 nitrogen and oxygen atoms in total. The highest BCUT2D eigenvalue weighted by molar-refractivity contribution is 5.83. The lowest BCUT2D eigenvalue weighted by atomic mass is 10.0. The van der Waals surface area contributed by atoms with E-state index >= 15 is 0 Å². The smallest absolute Gasteiger partial charge is 0.239 e. The van der Waals surface area contributed by atoms with Crippen molar-refractivity contribution in [2.24, 2.45) is 0 Å². The molecule has 1 atom stereocenters. The maximum atomic E-state index is 11.6. The Morgan fingerprint density at radius 1 is 1.58 bits per heavy atom. The predicted octanol–water partition coefficient (Wildman–Crippen LogP) is 0.127. The largest absolute Gasteiger partial charge is 0.341 e. The first kappa shape index (κ1) is 8.05. The van der Waals surface area contributed by atoms with E-state index in [0.717, 1.165) is 32.6 Å². The van der Waals surface area contributed by atoms with Crippen LogP contribution in [-0.2, 0) is 4.79 Å². The Labute approximate surface area is 73.3 Å². The van der Waals surface area contributed by atoms with Crippen molar-refractivity contribution in [3.8, 4) is 0 Å². The molecule has 1 amide bonds. The van der Waals surface area contributed by atoms with Crippen molar-refractivity contribution in [2.45, 2.75) is 19.4 Å². The van der Waals surface area contributed by atoms with E-state index in [1.165, 1.54) is 0 Å². The Kier molecular flexibility index (Phi) is 2.05. The number of likely N-dealkylation sites (tertiary alicyclic amines) is 2. The Bertz CT molecular complexity index is 187. The number of likely N-dealkylation sites (N-methyl/N-ethyl adjacent to an activating group) is 1. The van der Waals surface area contributed by atoms with Crippen molar-refractivity contribution in [1.82, 2.24) is 9.80 Å². The number of carbonyl (C=O) groups is 1. The molecule has 0 aliphatic carbocycles. The van der Waals surface area contributed by atoms with Crippen LogP contribution in [0.15, 0.2) is 0 Å². The summed E-state index contributed by atoms with van der Waals surface area (Å²) >= 11 is 0. The molecule has 67 valence electrons. The molecule has 2 aliphatic rings. The van der Waals surface area contributed by atoms with E-state index in [4.69, 9.17) is 0 Å². The molecule has 2 rings (SSSR count). The minimum Gasteiger partial charge on any atom is -0.341 e. The zero-order valence-corrected chi connectivity index (χ0v) is 7.49. The van der Waals surface area contributed by atoms with Gasteiger partial charge in [-0.25, -0.2) is 0 Å². The number of hydrogen-bond donors (Lipinski definition) is 0. The third kappa shape index (κ3) is 1.12. The average molecular weight is 167 g/mol. The molecule has 0 aromatic carbocycles. The molecule has 1 radical (unpaired) electrons. The summed E-state index contributed by atoms with van der Waals surface area (Å²) in [6.07, 6.45) is 3.19. The molecule has 12 heavy (non-hydrogen) atoms. The lowest BCUT2D eigenvalue weighted by Crippen LogP contribution is -2.59. The molecule has 2 fully saturated rings. The molecule has 0 saturated carbocycles. The number of nitrogens with zero attached hydrogens (tertiary/aromatic N) is 2. The van der Waals surface area contributed by atoms with Crippen LogP contribution in [-0.4, -0.2) is 47.9 Å². The lowest BCUT2D eigenvalue weighted by molar-refractivity contribution is -0.143. The maximum Gasteiger partial charge on any atom is 0.239 e. The second kappa shape index (κ2) is 3.05.